The Bertz CT molecular complexity index is 1070. The van der Waals surface area contributed by atoms with Crippen molar-refractivity contribution in [3.63, 3.8) is 0 Å². The predicted molar refractivity (Wildman–Crippen MR) is 141 cm³/mol. The van der Waals surface area contributed by atoms with E-state index in [-0.39, 0.29) is 5.91 Å². The van der Waals surface area contributed by atoms with Gasteiger partial charge in [0.2, 0.25) is 0 Å². The minimum atomic E-state index is -1.49. The van der Waals surface area contributed by atoms with Gasteiger partial charge in [-0.15, -0.1) is 0 Å². The number of likely N-dealkylation sites (tertiary alicyclic amines) is 1. The number of rotatable bonds is 7. The predicted octanol–water partition coefficient (Wildman–Crippen LogP) is 5.71. The number of carbonyl (C=O) groups is 1. The van der Waals surface area contributed by atoms with E-state index in [2.05, 4.69) is 52.6 Å². The Labute approximate surface area is 199 Å². The van der Waals surface area contributed by atoms with Crippen LogP contribution in [0.3, 0.4) is 0 Å². The summed E-state index contributed by atoms with van der Waals surface area (Å²) in [5, 5.41) is 4.50. The van der Waals surface area contributed by atoms with Crippen LogP contribution in [0.1, 0.15) is 35.2 Å². The molecule has 0 spiro atoms. The summed E-state index contributed by atoms with van der Waals surface area (Å²) in [5.74, 6) is -0.0892. The molecule has 1 N–H and O–H groups in total. The molecule has 33 heavy (non-hydrogen) atoms. The van der Waals surface area contributed by atoms with Gasteiger partial charge in [0.05, 0.1) is 13.8 Å². The molecule has 5 heteroatoms. The Kier molecular flexibility index (Phi) is 7.41. The first kappa shape index (κ1) is 23.4. The van der Waals surface area contributed by atoms with Crippen molar-refractivity contribution >= 4 is 24.9 Å². The molecule has 1 amide bonds. The molecular weight excluding hydrogens is 422 g/mol. The van der Waals surface area contributed by atoms with Crippen LogP contribution >= 0.6 is 0 Å². The maximum atomic E-state index is 12.8. The second-order valence-corrected chi connectivity index (χ2v) is 14.7. The van der Waals surface area contributed by atoms with Crippen LogP contribution in [-0.4, -0.2) is 43.5 Å². The Balaban J connectivity index is 1.36. The molecule has 4 nitrogen and oxygen atoms in total. The summed E-state index contributed by atoms with van der Waals surface area (Å²) in [4.78, 5) is 19.9. The van der Waals surface area contributed by atoms with Gasteiger partial charge in [0.25, 0.3) is 5.91 Å². The van der Waals surface area contributed by atoms with Gasteiger partial charge >= 0.3 is 0 Å². The minimum Gasteiger partial charge on any atom is -0.322 e. The Morgan fingerprint density at radius 1 is 0.970 bits per heavy atom. The highest BCUT2D eigenvalue weighted by Crippen LogP contribution is 2.21. The Morgan fingerprint density at radius 2 is 1.67 bits per heavy atom. The fraction of sp³-hybridized carbons (Fsp3) is 0.357. The number of pyridine rings is 1. The van der Waals surface area contributed by atoms with Crippen molar-refractivity contribution in [3.05, 3.63) is 78.0 Å². The fourth-order valence-corrected chi connectivity index (χ4v) is 6.77. The third-order valence-corrected chi connectivity index (χ3v) is 10.2. The van der Waals surface area contributed by atoms with Crippen LogP contribution in [0.5, 0.6) is 0 Å². The minimum absolute atomic E-state index is 0.0892. The van der Waals surface area contributed by atoms with Crippen LogP contribution in [-0.2, 0) is 0 Å². The lowest BCUT2D eigenvalue weighted by Crippen LogP contribution is -2.44. The lowest BCUT2D eigenvalue weighted by molar-refractivity contribution is 0.102. The number of hydrogen-bond donors (Lipinski definition) is 1. The van der Waals surface area contributed by atoms with Crippen molar-refractivity contribution in [2.24, 2.45) is 0 Å². The van der Waals surface area contributed by atoms with Gasteiger partial charge < -0.3 is 10.2 Å². The maximum Gasteiger partial charge on any atom is 0.255 e. The molecule has 2 heterocycles. The number of nitrogens with zero attached hydrogens (tertiary/aromatic N) is 2. The fourth-order valence-electron chi connectivity index (χ4n) is 4.54. The first-order valence-corrected chi connectivity index (χ1v) is 15.3. The number of anilines is 1. The van der Waals surface area contributed by atoms with Gasteiger partial charge in [-0.2, -0.15) is 0 Å². The van der Waals surface area contributed by atoms with Gasteiger partial charge in [-0.3, -0.25) is 9.78 Å². The summed E-state index contributed by atoms with van der Waals surface area (Å²) in [5.41, 5.74) is 4.58. The van der Waals surface area contributed by atoms with Crippen molar-refractivity contribution in [3.8, 4) is 11.3 Å². The SMILES string of the molecule is Cc1cccnc1-c1ccc(C(=O)Nc2ccc([Si](C)(C)CCN3CCCCC3)cc2)cc1. The highest BCUT2D eigenvalue weighted by atomic mass is 28.3. The summed E-state index contributed by atoms with van der Waals surface area (Å²) in [7, 11) is -1.49. The average Bonchev–Trinajstić information content (AvgIpc) is 2.84. The molecule has 1 fully saturated rings. The topological polar surface area (TPSA) is 45.2 Å². The van der Waals surface area contributed by atoms with Crippen molar-refractivity contribution in [2.75, 3.05) is 25.0 Å². The molecular formula is C28H35N3OSi. The number of aryl methyl sites for hydroxylation is 1. The van der Waals surface area contributed by atoms with Gasteiger partial charge in [0.1, 0.15) is 0 Å². The normalized spacial score (nSPS) is 14.8. The van der Waals surface area contributed by atoms with E-state index in [4.69, 9.17) is 0 Å². The zero-order valence-corrected chi connectivity index (χ0v) is 21.1. The monoisotopic (exact) mass is 457 g/mol. The van der Waals surface area contributed by atoms with E-state index >= 15 is 0 Å². The van der Waals surface area contributed by atoms with Gasteiger partial charge in [0.15, 0.2) is 0 Å². The molecule has 1 aliphatic rings. The van der Waals surface area contributed by atoms with E-state index in [1.54, 1.807) is 6.20 Å². The lowest BCUT2D eigenvalue weighted by Gasteiger charge is -2.30. The van der Waals surface area contributed by atoms with Gasteiger partial charge in [-0.1, -0.05) is 55.0 Å². The summed E-state index contributed by atoms with van der Waals surface area (Å²) in [6.07, 6.45) is 5.88. The molecule has 0 radical (unpaired) electrons. The molecule has 1 aliphatic heterocycles. The number of carbonyl (C=O) groups excluding carboxylic acids is 1. The van der Waals surface area contributed by atoms with Crippen LogP contribution in [0.15, 0.2) is 66.9 Å². The molecule has 1 aromatic heterocycles. The highest BCUT2D eigenvalue weighted by Gasteiger charge is 2.24. The third kappa shape index (κ3) is 5.98. The Hall–Kier alpha value is -2.76. The smallest absolute Gasteiger partial charge is 0.255 e. The average molecular weight is 458 g/mol. The van der Waals surface area contributed by atoms with Crippen LogP contribution in [0.25, 0.3) is 11.3 Å². The van der Waals surface area contributed by atoms with Crippen LogP contribution < -0.4 is 10.5 Å². The number of nitrogens with one attached hydrogen (secondary N) is 1. The number of piperidine rings is 1. The van der Waals surface area contributed by atoms with E-state index in [1.807, 2.05) is 43.3 Å². The van der Waals surface area contributed by atoms with Crippen LogP contribution in [0.4, 0.5) is 5.69 Å². The molecule has 3 aromatic rings. The van der Waals surface area contributed by atoms with E-state index in [0.29, 0.717) is 5.56 Å². The zero-order chi connectivity index (χ0) is 23.3. The second kappa shape index (κ2) is 10.4. The number of aromatic nitrogens is 1. The molecule has 0 bridgehead atoms. The first-order chi connectivity index (χ1) is 15.9. The summed E-state index contributed by atoms with van der Waals surface area (Å²) in [6, 6.07) is 21.4. The molecule has 1 saturated heterocycles. The standard InChI is InChI=1S/C28H35N3OSi/c1-22-8-7-17-29-27(22)23-9-11-24(12-10-23)28(32)30-25-13-15-26(16-14-25)33(2,3)21-20-31-18-5-4-6-19-31/h7-17H,4-6,18-21H2,1-3H3,(H,30,32). The number of hydrogen-bond acceptors (Lipinski definition) is 3. The van der Waals surface area contributed by atoms with E-state index in [1.165, 1.54) is 50.1 Å². The lowest BCUT2D eigenvalue weighted by atomic mass is 10.0. The summed E-state index contributed by atoms with van der Waals surface area (Å²) in [6.45, 7) is 10.7. The second-order valence-electron chi connectivity index (χ2n) is 9.81. The van der Waals surface area contributed by atoms with Crippen molar-refractivity contribution in [1.29, 1.82) is 0 Å². The van der Waals surface area contributed by atoms with Crippen LogP contribution in [0.2, 0.25) is 19.1 Å². The van der Waals surface area contributed by atoms with Crippen molar-refractivity contribution in [1.82, 2.24) is 9.88 Å². The van der Waals surface area contributed by atoms with Gasteiger partial charge in [-0.05, 0) is 81.3 Å². The van der Waals surface area contributed by atoms with Crippen molar-refractivity contribution in [2.45, 2.75) is 45.3 Å². The molecule has 0 unspecified atom stereocenters. The number of amides is 1. The summed E-state index contributed by atoms with van der Waals surface area (Å²) >= 11 is 0. The van der Waals surface area contributed by atoms with Crippen LogP contribution in [0, 0.1) is 6.92 Å². The quantitative estimate of drug-likeness (QED) is 0.462. The van der Waals surface area contributed by atoms with Gasteiger partial charge in [0, 0.05) is 23.0 Å². The van der Waals surface area contributed by atoms with Crippen molar-refractivity contribution < 1.29 is 4.79 Å². The molecule has 2 aromatic carbocycles. The Morgan fingerprint density at radius 3 is 2.33 bits per heavy atom. The molecule has 4 rings (SSSR count). The highest BCUT2D eigenvalue weighted by molar-refractivity contribution is 6.89. The molecule has 0 saturated carbocycles. The van der Waals surface area contributed by atoms with E-state index in [9.17, 15) is 4.79 Å². The largest absolute Gasteiger partial charge is 0.322 e. The first-order valence-electron chi connectivity index (χ1n) is 12.1. The number of benzene rings is 2. The third-order valence-electron chi connectivity index (χ3n) is 6.86. The van der Waals surface area contributed by atoms with E-state index in [0.717, 1.165) is 22.5 Å². The molecule has 0 aliphatic carbocycles. The molecule has 0 atom stereocenters. The molecule has 172 valence electrons. The van der Waals surface area contributed by atoms with E-state index < -0.39 is 8.07 Å². The maximum absolute atomic E-state index is 12.8. The zero-order valence-electron chi connectivity index (χ0n) is 20.1. The van der Waals surface area contributed by atoms with Gasteiger partial charge in [-0.25, -0.2) is 0 Å². The summed E-state index contributed by atoms with van der Waals surface area (Å²) < 4.78 is 0.